The molecule has 0 aliphatic heterocycles. The van der Waals surface area contributed by atoms with Crippen molar-refractivity contribution in [3.63, 3.8) is 0 Å². The molecule has 0 radical (unpaired) electrons. The number of aromatic carboxylic acids is 1. The molecule has 0 atom stereocenters. The van der Waals surface area contributed by atoms with Crippen LogP contribution in [0.15, 0.2) is 30.5 Å². The molecule has 0 saturated carbocycles. The molecule has 1 aromatic carbocycles. The molecule has 2 aromatic rings. The summed E-state index contributed by atoms with van der Waals surface area (Å²) in [4.78, 5) is 25.1. The summed E-state index contributed by atoms with van der Waals surface area (Å²) in [5.74, 6) is -1.25. The van der Waals surface area contributed by atoms with Crippen LogP contribution in [0.5, 0.6) is 0 Å². The molecule has 7 nitrogen and oxygen atoms in total. The predicted molar refractivity (Wildman–Crippen MR) is 77.0 cm³/mol. The van der Waals surface area contributed by atoms with Crippen molar-refractivity contribution >= 4 is 23.2 Å². The van der Waals surface area contributed by atoms with Crippen LogP contribution in [0.25, 0.3) is 0 Å². The summed E-state index contributed by atoms with van der Waals surface area (Å²) < 4.78 is 0. The zero-order valence-electron chi connectivity index (χ0n) is 11.5. The lowest BCUT2D eigenvalue weighted by molar-refractivity contribution is -0.384. The van der Waals surface area contributed by atoms with Gasteiger partial charge in [-0.25, -0.2) is 9.78 Å². The first-order valence-corrected chi connectivity index (χ1v) is 6.11. The Kier molecular flexibility index (Phi) is 3.84. The van der Waals surface area contributed by atoms with Gasteiger partial charge in [0.05, 0.1) is 10.5 Å². The van der Waals surface area contributed by atoms with E-state index in [9.17, 15) is 14.9 Å². The van der Waals surface area contributed by atoms with Gasteiger partial charge in [-0.1, -0.05) is 12.1 Å². The molecule has 21 heavy (non-hydrogen) atoms. The molecule has 7 heteroatoms. The van der Waals surface area contributed by atoms with Gasteiger partial charge in [0.25, 0.3) is 0 Å². The van der Waals surface area contributed by atoms with Gasteiger partial charge in [0, 0.05) is 18.0 Å². The Labute approximate surface area is 120 Å². The van der Waals surface area contributed by atoms with E-state index in [1.54, 1.807) is 6.07 Å². The largest absolute Gasteiger partial charge is 0.478 e. The van der Waals surface area contributed by atoms with E-state index in [2.05, 4.69) is 10.3 Å². The summed E-state index contributed by atoms with van der Waals surface area (Å²) in [5.41, 5.74) is 2.05. The molecule has 2 rings (SSSR count). The molecule has 0 bridgehead atoms. The Bertz CT molecular complexity index is 728. The highest BCUT2D eigenvalue weighted by Gasteiger charge is 2.19. The summed E-state index contributed by atoms with van der Waals surface area (Å²) in [6.45, 7) is 3.81. The number of aryl methyl sites for hydroxylation is 1. The third-order valence-corrected chi connectivity index (χ3v) is 3.17. The second kappa shape index (κ2) is 5.58. The molecule has 0 spiro atoms. The third kappa shape index (κ3) is 2.97. The second-order valence-electron chi connectivity index (χ2n) is 4.53. The first-order valence-electron chi connectivity index (χ1n) is 6.11. The Balaban J connectivity index is 2.46. The van der Waals surface area contributed by atoms with Gasteiger partial charge in [-0.15, -0.1) is 0 Å². The van der Waals surface area contributed by atoms with Crippen molar-refractivity contribution in [2.45, 2.75) is 13.8 Å². The first-order chi connectivity index (χ1) is 9.90. The molecule has 1 aromatic heterocycles. The topological polar surface area (TPSA) is 105 Å². The number of carboxylic acid groups (broad SMARTS) is 1. The SMILES string of the molecule is Cc1cccc(Nc2ncc(C(=O)O)cc2[N+](=O)[O-])c1C. The monoisotopic (exact) mass is 287 g/mol. The van der Waals surface area contributed by atoms with Crippen molar-refractivity contribution in [1.29, 1.82) is 0 Å². The number of nitro groups is 1. The van der Waals surface area contributed by atoms with E-state index in [1.165, 1.54) is 0 Å². The fraction of sp³-hybridized carbons (Fsp3) is 0.143. The smallest absolute Gasteiger partial charge is 0.337 e. The number of nitrogens with one attached hydrogen (secondary N) is 1. The van der Waals surface area contributed by atoms with Crippen LogP contribution in [0.4, 0.5) is 17.2 Å². The van der Waals surface area contributed by atoms with Crippen LogP contribution in [0.1, 0.15) is 21.5 Å². The number of hydrogen-bond acceptors (Lipinski definition) is 5. The fourth-order valence-corrected chi connectivity index (χ4v) is 1.82. The second-order valence-corrected chi connectivity index (χ2v) is 4.53. The number of benzene rings is 1. The lowest BCUT2D eigenvalue weighted by Gasteiger charge is -2.11. The summed E-state index contributed by atoms with van der Waals surface area (Å²) in [6, 6.07) is 6.51. The van der Waals surface area contributed by atoms with Crippen molar-refractivity contribution in [3.05, 3.63) is 57.3 Å². The number of aromatic nitrogens is 1. The van der Waals surface area contributed by atoms with Crippen LogP contribution in [-0.2, 0) is 0 Å². The molecular weight excluding hydrogens is 274 g/mol. The maximum atomic E-state index is 11.1. The molecule has 0 amide bonds. The van der Waals surface area contributed by atoms with Crippen LogP contribution in [0.2, 0.25) is 0 Å². The molecule has 2 N–H and O–H groups in total. The summed E-state index contributed by atoms with van der Waals surface area (Å²) >= 11 is 0. The molecule has 0 aliphatic carbocycles. The van der Waals surface area contributed by atoms with Gasteiger partial charge in [0.15, 0.2) is 0 Å². The van der Waals surface area contributed by atoms with E-state index in [-0.39, 0.29) is 17.1 Å². The predicted octanol–water partition coefficient (Wildman–Crippen LogP) is 3.05. The molecule has 0 aliphatic rings. The lowest BCUT2D eigenvalue weighted by Crippen LogP contribution is -2.05. The van der Waals surface area contributed by atoms with Crippen molar-refractivity contribution in [1.82, 2.24) is 4.98 Å². The zero-order valence-corrected chi connectivity index (χ0v) is 11.5. The lowest BCUT2D eigenvalue weighted by atomic mass is 10.1. The van der Waals surface area contributed by atoms with E-state index < -0.39 is 10.9 Å². The minimum atomic E-state index is -1.26. The number of nitrogens with zero attached hydrogens (tertiary/aromatic N) is 2. The van der Waals surface area contributed by atoms with E-state index in [4.69, 9.17) is 5.11 Å². The van der Waals surface area contributed by atoms with Gasteiger partial charge in [-0.2, -0.15) is 0 Å². The highest BCUT2D eigenvalue weighted by Crippen LogP contribution is 2.28. The van der Waals surface area contributed by atoms with E-state index in [0.717, 1.165) is 23.4 Å². The molecular formula is C14H13N3O4. The minimum Gasteiger partial charge on any atom is -0.478 e. The Morgan fingerprint density at radius 1 is 1.38 bits per heavy atom. The van der Waals surface area contributed by atoms with Crippen molar-refractivity contribution < 1.29 is 14.8 Å². The van der Waals surface area contributed by atoms with Gasteiger partial charge in [0.1, 0.15) is 0 Å². The Morgan fingerprint density at radius 2 is 2.10 bits per heavy atom. The van der Waals surface area contributed by atoms with Crippen molar-refractivity contribution in [2.75, 3.05) is 5.32 Å². The van der Waals surface area contributed by atoms with Crippen LogP contribution >= 0.6 is 0 Å². The molecule has 0 saturated heterocycles. The van der Waals surface area contributed by atoms with Gasteiger partial charge in [-0.3, -0.25) is 10.1 Å². The standard InChI is InChI=1S/C14H13N3O4/c1-8-4-3-5-11(9(8)2)16-13-12(17(20)21)6-10(7-15-13)14(18)19/h3-7H,1-2H3,(H,15,16)(H,18,19). The molecule has 0 fully saturated rings. The van der Waals surface area contributed by atoms with Crippen LogP contribution in [0, 0.1) is 24.0 Å². The van der Waals surface area contributed by atoms with Crippen molar-refractivity contribution in [3.8, 4) is 0 Å². The average molecular weight is 287 g/mol. The highest BCUT2D eigenvalue weighted by molar-refractivity contribution is 5.89. The zero-order chi connectivity index (χ0) is 15.6. The van der Waals surface area contributed by atoms with Gasteiger partial charge in [-0.05, 0) is 31.0 Å². The Hall–Kier alpha value is -2.96. The fourth-order valence-electron chi connectivity index (χ4n) is 1.82. The quantitative estimate of drug-likeness (QED) is 0.661. The normalized spacial score (nSPS) is 10.2. The number of carbonyl (C=O) groups is 1. The van der Waals surface area contributed by atoms with Crippen molar-refractivity contribution in [2.24, 2.45) is 0 Å². The molecule has 0 unspecified atom stereocenters. The van der Waals surface area contributed by atoms with Crippen LogP contribution in [0.3, 0.4) is 0 Å². The third-order valence-electron chi connectivity index (χ3n) is 3.17. The summed E-state index contributed by atoms with van der Waals surface area (Å²) in [6.07, 6.45) is 1.09. The number of hydrogen-bond donors (Lipinski definition) is 2. The molecule has 108 valence electrons. The number of pyridine rings is 1. The van der Waals surface area contributed by atoms with E-state index in [1.807, 2.05) is 26.0 Å². The van der Waals surface area contributed by atoms with E-state index in [0.29, 0.717) is 5.69 Å². The number of rotatable bonds is 4. The highest BCUT2D eigenvalue weighted by atomic mass is 16.6. The van der Waals surface area contributed by atoms with E-state index >= 15 is 0 Å². The minimum absolute atomic E-state index is 0.0127. The molecule has 1 heterocycles. The summed E-state index contributed by atoms with van der Waals surface area (Å²) in [5, 5.41) is 22.8. The first kappa shape index (κ1) is 14.4. The Morgan fingerprint density at radius 3 is 2.71 bits per heavy atom. The van der Waals surface area contributed by atoms with Gasteiger partial charge in [0.2, 0.25) is 5.82 Å². The average Bonchev–Trinajstić information content (AvgIpc) is 2.43. The number of anilines is 2. The maximum absolute atomic E-state index is 11.1. The van der Waals surface area contributed by atoms with Gasteiger partial charge < -0.3 is 10.4 Å². The summed E-state index contributed by atoms with van der Waals surface area (Å²) in [7, 11) is 0. The number of carboxylic acids is 1. The van der Waals surface area contributed by atoms with Gasteiger partial charge >= 0.3 is 11.7 Å². The maximum Gasteiger partial charge on any atom is 0.337 e. The van der Waals surface area contributed by atoms with Crippen LogP contribution in [-0.4, -0.2) is 21.0 Å². The van der Waals surface area contributed by atoms with Crippen LogP contribution < -0.4 is 5.32 Å².